The third kappa shape index (κ3) is 2.13. The lowest BCUT2D eigenvalue weighted by molar-refractivity contribution is -0.0385. The molecule has 2 aliphatic rings. The molecular weight excluding hydrogens is 224 g/mol. The van der Waals surface area contributed by atoms with Crippen molar-refractivity contribution in [2.45, 2.75) is 31.3 Å². The van der Waals surface area contributed by atoms with E-state index in [9.17, 15) is 0 Å². The molecule has 1 spiro atoms. The van der Waals surface area contributed by atoms with Crippen LogP contribution >= 0.6 is 0 Å². The first kappa shape index (κ1) is 12.0. The Hall–Kier alpha value is -1.06. The molecule has 1 unspecified atom stereocenters. The molecule has 1 atom stereocenters. The molecule has 0 aromatic heterocycles. The van der Waals surface area contributed by atoms with Gasteiger partial charge in [-0.1, -0.05) is 12.1 Å². The summed E-state index contributed by atoms with van der Waals surface area (Å²) in [6, 6.07) is 8.45. The minimum atomic E-state index is 0.446. The Morgan fingerprint density at radius 3 is 3.00 bits per heavy atom. The molecule has 1 aromatic rings. The molecule has 0 amide bonds. The molecule has 98 valence electrons. The fourth-order valence-electron chi connectivity index (χ4n) is 3.26. The van der Waals surface area contributed by atoms with Crippen molar-refractivity contribution in [1.82, 2.24) is 10.2 Å². The van der Waals surface area contributed by atoms with Gasteiger partial charge in [0.1, 0.15) is 5.75 Å². The third-order valence-corrected chi connectivity index (χ3v) is 4.48. The molecule has 3 rings (SSSR count). The maximum Gasteiger partial charge on any atom is 0.119 e. The Kier molecular flexibility index (Phi) is 3.27. The van der Waals surface area contributed by atoms with E-state index in [-0.39, 0.29) is 0 Å². The van der Waals surface area contributed by atoms with Crippen molar-refractivity contribution < 1.29 is 4.74 Å². The van der Waals surface area contributed by atoms with Gasteiger partial charge in [0.25, 0.3) is 0 Å². The number of nitrogens with zero attached hydrogens (tertiary/aromatic N) is 1. The highest BCUT2D eigenvalue weighted by molar-refractivity contribution is 5.28. The highest BCUT2D eigenvalue weighted by Crippen LogP contribution is 2.37. The number of hydrogen-bond donors (Lipinski definition) is 1. The van der Waals surface area contributed by atoms with Crippen LogP contribution in [0.3, 0.4) is 0 Å². The number of likely N-dealkylation sites (tertiary alicyclic amines) is 1. The van der Waals surface area contributed by atoms with Crippen LogP contribution in [-0.4, -0.2) is 37.2 Å². The lowest BCUT2D eigenvalue weighted by atomic mass is 9.78. The summed E-state index contributed by atoms with van der Waals surface area (Å²) in [6.07, 6.45) is 4.02. The zero-order valence-corrected chi connectivity index (χ0v) is 11.1. The summed E-state index contributed by atoms with van der Waals surface area (Å²) in [7, 11) is 1.73. The van der Waals surface area contributed by atoms with Gasteiger partial charge in [-0.2, -0.15) is 0 Å². The zero-order chi connectivity index (χ0) is 12.4. The van der Waals surface area contributed by atoms with Gasteiger partial charge in [-0.25, -0.2) is 0 Å². The first-order valence-corrected chi connectivity index (χ1v) is 6.91. The van der Waals surface area contributed by atoms with Crippen LogP contribution in [0, 0.1) is 0 Å². The van der Waals surface area contributed by atoms with E-state index in [1.165, 1.54) is 37.9 Å². The predicted molar refractivity (Wildman–Crippen MR) is 72.9 cm³/mol. The minimum Gasteiger partial charge on any atom is -0.497 e. The highest BCUT2D eigenvalue weighted by Gasteiger charge is 2.44. The van der Waals surface area contributed by atoms with Crippen LogP contribution in [0.25, 0.3) is 0 Å². The number of nitrogens with one attached hydrogen (secondary N) is 1. The van der Waals surface area contributed by atoms with Gasteiger partial charge in [-0.05, 0) is 43.5 Å². The molecule has 1 aromatic carbocycles. The minimum absolute atomic E-state index is 0.446. The quantitative estimate of drug-likeness (QED) is 0.883. The molecule has 2 fully saturated rings. The molecule has 0 aliphatic carbocycles. The van der Waals surface area contributed by atoms with Crippen LogP contribution in [0.4, 0.5) is 0 Å². The molecule has 2 saturated heterocycles. The van der Waals surface area contributed by atoms with Crippen molar-refractivity contribution >= 4 is 0 Å². The fourth-order valence-corrected chi connectivity index (χ4v) is 3.26. The Labute approximate surface area is 109 Å². The van der Waals surface area contributed by atoms with Gasteiger partial charge in [0.15, 0.2) is 0 Å². The number of ether oxygens (including phenoxy) is 1. The Morgan fingerprint density at radius 2 is 2.33 bits per heavy atom. The highest BCUT2D eigenvalue weighted by atomic mass is 16.5. The molecule has 0 radical (unpaired) electrons. The van der Waals surface area contributed by atoms with Crippen LogP contribution in [0.2, 0.25) is 0 Å². The Bertz CT molecular complexity index is 413. The van der Waals surface area contributed by atoms with Gasteiger partial charge in [0, 0.05) is 25.2 Å². The smallest absolute Gasteiger partial charge is 0.119 e. The van der Waals surface area contributed by atoms with Crippen LogP contribution in [0.15, 0.2) is 24.3 Å². The first-order chi connectivity index (χ1) is 8.82. The number of piperidine rings is 1. The second-order valence-electron chi connectivity index (χ2n) is 5.53. The van der Waals surface area contributed by atoms with E-state index in [4.69, 9.17) is 4.74 Å². The molecule has 3 heteroatoms. The fraction of sp³-hybridized carbons (Fsp3) is 0.600. The third-order valence-electron chi connectivity index (χ3n) is 4.48. The van der Waals surface area contributed by atoms with Gasteiger partial charge < -0.3 is 10.1 Å². The maximum atomic E-state index is 5.29. The summed E-state index contributed by atoms with van der Waals surface area (Å²) in [5, 5.41) is 3.55. The summed E-state index contributed by atoms with van der Waals surface area (Å²) in [6.45, 7) is 4.64. The molecule has 0 saturated carbocycles. The number of rotatable bonds is 3. The topological polar surface area (TPSA) is 24.5 Å². The van der Waals surface area contributed by atoms with E-state index in [1.54, 1.807) is 7.11 Å². The van der Waals surface area contributed by atoms with Crippen molar-refractivity contribution in [1.29, 1.82) is 0 Å². The second-order valence-corrected chi connectivity index (χ2v) is 5.53. The molecular formula is C15H22N2O. The van der Waals surface area contributed by atoms with E-state index in [1.807, 2.05) is 6.07 Å². The Morgan fingerprint density at radius 1 is 1.39 bits per heavy atom. The van der Waals surface area contributed by atoms with E-state index in [0.29, 0.717) is 5.54 Å². The summed E-state index contributed by atoms with van der Waals surface area (Å²) in [4.78, 5) is 2.63. The van der Waals surface area contributed by atoms with Crippen LogP contribution in [-0.2, 0) is 6.54 Å². The first-order valence-electron chi connectivity index (χ1n) is 6.91. The molecule has 18 heavy (non-hydrogen) atoms. The normalized spacial score (nSPS) is 28.1. The van der Waals surface area contributed by atoms with Crippen molar-refractivity contribution in [2.24, 2.45) is 0 Å². The molecule has 0 bridgehead atoms. The standard InChI is InChI=1S/C15H22N2O/c1-18-14-5-2-4-13(10-14)11-17-9-7-15(17)6-3-8-16-12-15/h2,4-5,10,16H,3,6-9,11-12H2,1H3. The number of hydrogen-bond acceptors (Lipinski definition) is 3. The van der Waals surface area contributed by atoms with Crippen molar-refractivity contribution in [3.05, 3.63) is 29.8 Å². The predicted octanol–water partition coefficient (Wildman–Crippen LogP) is 2.02. The number of benzene rings is 1. The molecule has 1 N–H and O–H groups in total. The van der Waals surface area contributed by atoms with E-state index in [2.05, 4.69) is 28.4 Å². The van der Waals surface area contributed by atoms with Crippen molar-refractivity contribution in [2.75, 3.05) is 26.7 Å². The van der Waals surface area contributed by atoms with Crippen LogP contribution in [0.5, 0.6) is 5.75 Å². The lowest BCUT2D eigenvalue weighted by Gasteiger charge is -2.55. The number of methoxy groups -OCH3 is 1. The van der Waals surface area contributed by atoms with Gasteiger partial charge in [0.05, 0.1) is 7.11 Å². The zero-order valence-electron chi connectivity index (χ0n) is 11.1. The van der Waals surface area contributed by atoms with Crippen LogP contribution < -0.4 is 10.1 Å². The Balaban J connectivity index is 1.68. The molecule has 2 aliphatic heterocycles. The van der Waals surface area contributed by atoms with Gasteiger partial charge >= 0.3 is 0 Å². The van der Waals surface area contributed by atoms with E-state index in [0.717, 1.165) is 18.8 Å². The summed E-state index contributed by atoms with van der Waals surface area (Å²) in [5.41, 5.74) is 1.81. The molecule has 3 nitrogen and oxygen atoms in total. The average Bonchev–Trinajstić information content (AvgIpc) is 2.45. The second kappa shape index (κ2) is 4.90. The average molecular weight is 246 g/mol. The molecule has 2 heterocycles. The summed E-state index contributed by atoms with van der Waals surface area (Å²) < 4.78 is 5.29. The summed E-state index contributed by atoms with van der Waals surface area (Å²) >= 11 is 0. The SMILES string of the molecule is COc1cccc(CN2CCC23CCCNC3)c1. The lowest BCUT2D eigenvalue weighted by Crippen LogP contribution is -2.65. The van der Waals surface area contributed by atoms with Gasteiger partial charge in [-0.15, -0.1) is 0 Å². The van der Waals surface area contributed by atoms with Crippen molar-refractivity contribution in [3.63, 3.8) is 0 Å². The maximum absolute atomic E-state index is 5.29. The van der Waals surface area contributed by atoms with E-state index >= 15 is 0 Å². The summed E-state index contributed by atoms with van der Waals surface area (Å²) in [5.74, 6) is 0.962. The monoisotopic (exact) mass is 246 g/mol. The van der Waals surface area contributed by atoms with E-state index < -0.39 is 0 Å². The van der Waals surface area contributed by atoms with Crippen LogP contribution in [0.1, 0.15) is 24.8 Å². The van der Waals surface area contributed by atoms with Crippen molar-refractivity contribution in [3.8, 4) is 5.75 Å². The van der Waals surface area contributed by atoms with Gasteiger partial charge in [0.2, 0.25) is 0 Å². The largest absolute Gasteiger partial charge is 0.497 e. The van der Waals surface area contributed by atoms with Gasteiger partial charge in [-0.3, -0.25) is 4.90 Å².